The molecule has 0 radical (unpaired) electrons. The van der Waals surface area contributed by atoms with E-state index in [1.54, 1.807) is 7.11 Å². The minimum atomic E-state index is -0.146. The second-order valence-corrected chi connectivity index (χ2v) is 11.8. The molecule has 2 atom stereocenters. The summed E-state index contributed by atoms with van der Waals surface area (Å²) in [5, 5.41) is 0. The van der Waals surface area contributed by atoms with Crippen molar-refractivity contribution in [2.45, 2.75) is 85.0 Å². The fourth-order valence-electron chi connectivity index (χ4n) is 6.43. The molecule has 2 unspecified atom stereocenters. The number of allylic oxidation sites excluding steroid dienone is 6. The molecule has 0 N–H and O–H groups in total. The van der Waals surface area contributed by atoms with E-state index in [0.29, 0.717) is 18.9 Å². The van der Waals surface area contributed by atoms with Gasteiger partial charge in [-0.1, -0.05) is 52.8 Å². The standard InChI is InChI=1S/C34H46O4.ClH.H2/c1-9-25-26(10-2)32(38-11-3)20-27-21(4)23(16-29(25)27)19-31(35)24-17-28(22-12-14-37-15-13-22)33(36-8)30(18-24)34(5,6)7;;/h16-18,20,22-23,27H,4,9-15,19H2,1-3,5-8H3;2*1H. The lowest BCUT2D eigenvalue weighted by molar-refractivity contribution is 0.0847. The Bertz CT molecular complexity index is 1180. The number of rotatable bonds is 9. The van der Waals surface area contributed by atoms with Crippen molar-refractivity contribution >= 4 is 18.2 Å². The smallest absolute Gasteiger partial charge is 0.163 e. The molecule has 1 aromatic rings. The molecule has 1 fully saturated rings. The highest BCUT2D eigenvalue weighted by molar-refractivity contribution is 5.97. The van der Waals surface area contributed by atoms with E-state index in [2.05, 4.69) is 65.5 Å². The van der Waals surface area contributed by atoms with E-state index in [9.17, 15) is 4.79 Å². The highest BCUT2D eigenvalue weighted by atomic mass is 35.5. The van der Waals surface area contributed by atoms with Crippen LogP contribution >= 0.6 is 12.4 Å². The summed E-state index contributed by atoms with van der Waals surface area (Å²) in [6.45, 7) is 19.6. The number of halogens is 1. The van der Waals surface area contributed by atoms with Gasteiger partial charge in [0, 0.05) is 44.0 Å². The van der Waals surface area contributed by atoms with Crippen molar-refractivity contribution in [1.82, 2.24) is 0 Å². The Morgan fingerprint density at radius 2 is 1.74 bits per heavy atom. The molecule has 0 saturated carbocycles. The van der Waals surface area contributed by atoms with Crippen LogP contribution in [0.3, 0.4) is 0 Å². The van der Waals surface area contributed by atoms with Gasteiger partial charge in [-0.2, -0.15) is 0 Å². The van der Waals surface area contributed by atoms with Crippen LogP contribution in [-0.2, 0) is 14.9 Å². The average molecular weight is 557 g/mol. The highest BCUT2D eigenvalue weighted by Crippen LogP contribution is 2.48. The third-order valence-electron chi connectivity index (χ3n) is 8.44. The SMILES string of the molecule is C=C1C(CC(=O)c2cc(C3CCOCC3)c(OC)c(C(C)(C)C)c2)C=C2C(CC)=C(CC)C(OCC)=CC12.Cl.[HH]. The van der Waals surface area contributed by atoms with Crippen molar-refractivity contribution in [3.05, 3.63) is 75.6 Å². The summed E-state index contributed by atoms with van der Waals surface area (Å²) in [7, 11) is 1.75. The number of hydrogen-bond donors (Lipinski definition) is 0. The molecule has 0 bridgehead atoms. The van der Waals surface area contributed by atoms with Crippen LogP contribution in [-0.4, -0.2) is 32.7 Å². The lowest BCUT2D eigenvalue weighted by Crippen LogP contribution is -2.20. The molecule has 0 spiro atoms. The maximum atomic E-state index is 13.9. The quantitative estimate of drug-likeness (QED) is 0.225. The van der Waals surface area contributed by atoms with Crippen molar-refractivity contribution in [3.8, 4) is 5.75 Å². The van der Waals surface area contributed by atoms with Gasteiger partial charge in [-0.3, -0.25) is 4.79 Å². The summed E-state index contributed by atoms with van der Waals surface area (Å²) in [6, 6.07) is 4.17. The van der Waals surface area contributed by atoms with E-state index < -0.39 is 0 Å². The molecule has 0 aromatic heterocycles. The third kappa shape index (κ3) is 6.23. The van der Waals surface area contributed by atoms with E-state index in [4.69, 9.17) is 14.2 Å². The van der Waals surface area contributed by atoms with E-state index in [-0.39, 0.29) is 36.9 Å². The monoisotopic (exact) mass is 556 g/mol. The zero-order chi connectivity index (χ0) is 27.6. The molecule has 1 heterocycles. The van der Waals surface area contributed by atoms with Crippen molar-refractivity contribution in [3.63, 3.8) is 0 Å². The van der Waals surface area contributed by atoms with Gasteiger partial charge in [0.05, 0.1) is 13.7 Å². The number of fused-ring (bicyclic) bond motifs is 1. The van der Waals surface area contributed by atoms with E-state index in [0.717, 1.165) is 72.7 Å². The predicted molar refractivity (Wildman–Crippen MR) is 164 cm³/mol. The van der Waals surface area contributed by atoms with Gasteiger partial charge in [-0.25, -0.2) is 0 Å². The number of ether oxygens (including phenoxy) is 3. The lowest BCUT2D eigenvalue weighted by Gasteiger charge is -2.30. The van der Waals surface area contributed by atoms with Gasteiger partial charge in [0.1, 0.15) is 11.5 Å². The van der Waals surface area contributed by atoms with Gasteiger partial charge in [-0.05, 0) is 84.4 Å². The first kappa shape index (κ1) is 31.2. The number of benzene rings is 1. The van der Waals surface area contributed by atoms with Crippen LogP contribution in [0, 0.1) is 11.8 Å². The Labute approximate surface area is 243 Å². The molecule has 39 heavy (non-hydrogen) atoms. The fourth-order valence-corrected chi connectivity index (χ4v) is 6.43. The Morgan fingerprint density at radius 3 is 2.31 bits per heavy atom. The molecule has 2 aliphatic carbocycles. The molecule has 3 aliphatic rings. The molecular weight excluding hydrogens is 508 g/mol. The van der Waals surface area contributed by atoms with Gasteiger partial charge in [0.2, 0.25) is 0 Å². The van der Waals surface area contributed by atoms with Crippen LogP contribution < -0.4 is 4.74 Å². The largest absolute Gasteiger partial charge is 0.496 e. The first-order valence-electron chi connectivity index (χ1n) is 14.5. The molecule has 216 valence electrons. The topological polar surface area (TPSA) is 44.8 Å². The number of ketones is 1. The summed E-state index contributed by atoms with van der Waals surface area (Å²) in [5.74, 6) is 2.57. The first-order valence-corrected chi connectivity index (χ1v) is 14.5. The van der Waals surface area contributed by atoms with Crippen LogP contribution in [0.2, 0.25) is 0 Å². The van der Waals surface area contributed by atoms with E-state index >= 15 is 0 Å². The Morgan fingerprint density at radius 1 is 1.08 bits per heavy atom. The average Bonchev–Trinajstić information content (AvgIpc) is 3.21. The van der Waals surface area contributed by atoms with Crippen LogP contribution in [0.5, 0.6) is 5.75 Å². The number of carbonyl (C=O) groups excluding carboxylic acids is 1. The Balaban J connectivity index is 0.00000280. The fraction of sp³-hybridized carbons (Fsp3) is 0.559. The maximum Gasteiger partial charge on any atom is 0.163 e. The van der Waals surface area contributed by atoms with Gasteiger partial charge in [-0.15, -0.1) is 12.4 Å². The second-order valence-electron chi connectivity index (χ2n) is 11.8. The summed E-state index contributed by atoms with van der Waals surface area (Å²) >= 11 is 0. The van der Waals surface area contributed by atoms with Crippen LogP contribution in [0.1, 0.15) is 102 Å². The van der Waals surface area contributed by atoms with Crippen LogP contribution in [0.25, 0.3) is 0 Å². The molecule has 5 heteroatoms. The molecule has 1 aliphatic heterocycles. The molecule has 0 amide bonds. The number of methoxy groups -OCH3 is 1. The molecule has 1 saturated heterocycles. The molecule has 4 rings (SSSR count). The lowest BCUT2D eigenvalue weighted by atomic mass is 9.79. The van der Waals surface area contributed by atoms with Crippen molar-refractivity contribution in [2.75, 3.05) is 26.9 Å². The molecule has 4 nitrogen and oxygen atoms in total. The third-order valence-corrected chi connectivity index (χ3v) is 8.44. The summed E-state index contributed by atoms with van der Waals surface area (Å²) < 4.78 is 17.7. The first-order chi connectivity index (χ1) is 18.1. The van der Waals surface area contributed by atoms with Gasteiger partial charge in [0.25, 0.3) is 0 Å². The maximum absolute atomic E-state index is 13.9. The summed E-state index contributed by atoms with van der Waals surface area (Å²) in [6.07, 6.45) is 8.76. The number of hydrogen-bond acceptors (Lipinski definition) is 4. The van der Waals surface area contributed by atoms with Crippen LogP contribution in [0.15, 0.2) is 58.9 Å². The molecular formula is C34H49ClO4. The molecule has 1 aromatic carbocycles. The number of Topliss-reactive ketones (excluding diaryl/α,β-unsaturated/α-hetero) is 1. The van der Waals surface area contributed by atoms with Crippen molar-refractivity contribution in [1.29, 1.82) is 0 Å². The van der Waals surface area contributed by atoms with Crippen LogP contribution in [0.4, 0.5) is 0 Å². The Hall–Kier alpha value is -2.30. The Kier molecular flexibility index (Phi) is 10.3. The van der Waals surface area contributed by atoms with Crippen molar-refractivity contribution < 1.29 is 20.4 Å². The van der Waals surface area contributed by atoms with Gasteiger partial charge in [0.15, 0.2) is 5.78 Å². The highest BCUT2D eigenvalue weighted by Gasteiger charge is 2.37. The number of carbonyl (C=O) groups is 1. The predicted octanol–water partition coefficient (Wildman–Crippen LogP) is 8.91. The zero-order valence-electron chi connectivity index (χ0n) is 24.9. The zero-order valence-corrected chi connectivity index (χ0v) is 25.8. The van der Waals surface area contributed by atoms with E-state index in [1.165, 1.54) is 16.7 Å². The summed E-state index contributed by atoms with van der Waals surface area (Å²) in [5.41, 5.74) is 7.96. The summed E-state index contributed by atoms with van der Waals surface area (Å²) in [4.78, 5) is 13.9. The van der Waals surface area contributed by atoms with E-state index in [1.807, 2.05) is 6.92 Å². The minimum absolute atomic E-state index is 0. The van der Waals surface area contributed by atoms with Crippen molar-refractivity contribution in [2.24, 2.45) is 11.8 Å². The minimum Gasteiger partial charge on any atom is -0.496 e. The van der Waals surface area contributed by atoms with Gasteiger partial charge >= 0.3 is 0 Å². The second kappa shape index (κ2) is 12.9. The normalized spacial score (nSPS) is 21.7. The van der Waals surface area contributed by atoms with Gasteiger partial charge < -0.3 is 14.2 Å².